The van der Waals surface area contributed by atoms with Crippen molar-refractivity contribution in [3.63, 3.8) is 0 Å². The predicted molar refractivity (Wildman–Crippen MR) is 54.8 cm³/mol. The molecule has 0 aliphatic carbocycles. The van der Waals surface area contributed by atoms with Gasteiger partial charge in [0.05, 0.1) is 4.90 Å². The van der Waals surface area contributed by atoms with Crippen LogP contribution >= 0.6 is 0 Å². The molecule has 0 saturated heterocycles. The van der Waals surface area contributed by atoms with E-state index in [1.165, 1.54) is 6.07 Å². The lowest BCUT2D eigenvalue weighted by atomic mass is 10.1. The van der Waals surface area contributed by atoms with Crippen molar-refractivity contribution in [3.8, 4) is 0 Å². The van der Waals surface area contributed by atoms with Crippen LogP contribution < -0.4 is 11.0 Å². The maximum atomic E-state index is 10.9. The van der Waals surface area contributed by atoms with Gasteiger partial charge in [-0.25, -0.2) is 5.21 Å². The molecule has 0 amide bonds. The molecule has 8 heteroatoms. The molecule has 0 fully saturated rings. The summed E-state index contributed by atoms with van der Waals surface area (Å²) in [7, 11) is -4.39. The van der Waals surface area contributed by atoms with E-state index in [1.807, 2.05) is 0 Å². The third-order valence-corrected chi connectivity index (χ3v) is 2.87. The third kappa shape index (κ3) is 2.98. The fourth-order valence-electron chi connectivity index (χ4n) is 1.29. The number of quaternary nitrogens is 1. The van der Waals surface area contributed by atoms with Crippen molar-refractivity contribution >= 4 is 15.8 Å². The zero-order valence-corrected chi connectivity index (χ0v) is 9.07. The van der Waals surface area contributed by atoms with Crippen LogP contribution in [0.3, 0.4) is 0 Å². The average Bonchev–Trinajstić information content (AvgIpc) is 2.16. The lowest BCUT2D eigenvalue weighted by Crippen LogP contribution is -2.99. The summed E-state index contributed by atoms with van der Waals surface area (Å²) in [6, 6.07) is 3.40. The quantitative estimate of drug-likeness (QED) is 0.393. The first kappa shape index (κ1) is 13.0. The zero-order valence-electron chi connectivity index (χ0n) is 8.25. The molecular weight excluding hydrogens is 236 g/mol. The Morgan fingerprint density at radius 1 is 1.44 bits per heavy atom. The van der Waals surface area contributed by atoms with Crippen molar-refractivity contribution in [3.05, 3.63) is 29.0 Å². The van der Waals surface area contributed by atoms with Crippen LogP contribution in [0.2, 0.25) is 0 Å². The number of nitrogens with two attached hydrogens (primary N) is 1. The Bertz CT molecular complexity index is 471. The van der Waals surface area contributed by atoms with Gasteiger partial charge in [-0.3, -0.25) is 4.55 Å². The molecule has 0 aliphatic rings. The molecule has 1 rings (SSSR count). The molecular formula is C8H12N2O5S. The molecule has 1 atom stereocenters. The highest BCUT2D eigenvalue weighted by Gasteiger charge is 2.16. The Hall–Kier alpha value is -1.03. The first-order chi connectivity index (χ1) is 7.36. The molecule has 1 aromatic carbocycles. The number of hydrogen-bond donors (Lipinski definition) is 4. The van der Waals surface area contributed by atoms with Crippen LogP contribution in [-0.2, 0) is 16.5 Å². The van der Waals surface area contributed by atoms with Gasteiger partial charge >= 0.3 is 0 Å². The van der Waals surface area contributed by atoms with Crippen molar-refractivity contribution in [1.82, 2.24) is 0 Å². The average molecular weight is 248 g/mol. The summed E-state index contributed by atoms with van der Waals surface area (Å²) < 4.78 is 30.4. The topological polar surface area (TPSA) is 128 Å². The lowest BCUT2D eigenvalue weighted by Gasteiger charge is -2.15. The van der Waals surface area contributed by atoms with Crippen molar-refractivity contribution < 1.29 is 23.4 Å². The molecule has 5 N–H and O–H groups in total. The minimum Gasteiger partial charge on any atom is -0.595 e. The Balaban J connectivity index is 3.28. The number of rotatable bonds is 4. The van der Waals surface area contributed by atoms with Crippen molar-refractivity contribution in [2.24, 2.45) is 5.73 Å². The fraction of sp³-hybridized carbons (Fsp3) is 0.250. The van der Waals surface area contributed by atoms with E-state index in [0.717, 1.165) is 12.1 Å². The molecule has 0 aromatic heterocycles. The molecule has 1 aromatic rings. The smallest absolute Gasteiger partial charge is 0.294 e. The van der Waals surface area contributed by atoms with Gasteiger partial charge in [0.2, 0.25) is 0 Å². The SMILES string of the molecule is NCCc1ccc(S(=O)(=O)O)cc1[NH+]([O-])O. The van der Waals surface area contributed by atoms with Gasteiger partial charge in [-0.1, -0.05) is 6.07 Å². The summed E-state index contributed by atoms with van der Waals surface area (Å²) in [6.45, 7) is 0.255. The van der Waals surface area contributed by atoms with E-state index < -0.39 is 20.2 Å². The van der Waals surface area contributed by atoms with E-state index in [9.17, 15) is 13.6 Å². The summed E-state index contributed by atoms with van der Waals surface area (Å²) >= 11 is 0. The normalized spacial score (nSPS) is 13.8. The Morgan fingerprint density at radius 3 is 2.50 bits per heavy atom. The van der Waals surface area contributed by atoms with Gasteiger partial charge in [0.15, 0.2) is 5.69 Å². The van der Waals surface area contributed by atoms with Gasteiger partial charge in [0.1, 0.15) is 0 Å². The molecule has 0 radical (unpaired) electrons. The first-order valence-corrected chi connectivity index (χ1v) is 5.84. The lowest BCUT2D eigenvalue weighted by molar-refractivity contribution is -0.991. The molecule has 1 unspecified atom stereocenters. The summed E-state index contributed by atoms with van der Waals surface area (Å²) in [5.41, 5.74) is 5.56. The standard InChI is InChI=1S/C8H12N2O5S/c9-4-3-6-1-2-7(16(13,14)15)5-8(6)10(11)12/h1-2,5,10-11H,3-4,9H2,(H,13,14,15). The van der Waals surface area contributed by atoms with Crippen LogP contribution in [-0.4, -0.2) is 24.7 Å². The summed E-state index contributed by atoms with van der Waals surface area (Å²) in [6.07, 6.45) is 0.327. The molecule has 16 heavy (non-hydrogen) atoms. The van der Waals surface area contributed by atoms with Gasteiger partial charge in [0.25, 0.3) is 10.1 Å². The van der Waals surface area contributed by atoms with Gasteiger partial charge in [-0.2, -0.15) is 13.6 Å². The van der Waals surface area contributed by atoms with Crippen LogP contribution in [0.4, 0.5) is 5.69 Å². The van der Waals surface area contributed by atoms with Gasteiger partial charge < -0.3 is 10.9 Å². The second-order valence-corrected chi connectivity index (χ2v) is 4.56. The molecule has 0 saturated carbocycles. The highest BCUT2D eigenvalue weighted by Crippen LogP contribution is 2.17. The zero-order chi connectivity index (χ0) is 12.3. The molecule has 0 aliphatic heterocycles. The van der Waals surface area contributed by atoms with Crippen LogP contribution in [0.15, 0.2) is 23.1 Å². The Kier molecular flexibility index (Phi) is 3.97. The molecule has 0 bridgehead atoms. The van der Waals surface area contributed by atoms with Crippen LogP contribution in [0, 0.1) is 5.21 Å². The molecule has 7 nitrogen and oxygen atoms in total. The van der Waals surface area contributed by atoms with Crippen molar-refractivity contribution in [1.29, 1.82) is 0 Å². The summed E-state index contributed by atoms with van der Waals surface area (Å²) in [4.78, 5) is -0.439. The highest BCUT2D eigenvalue weighted by molar-refractivity contribution is 7.85. The van der Waals surface area contributed by atoms with Gasteiger partial charge in [-0.05, 0) is 19.0 Å². The van der Waals surface area contributed by atoms with E-state index in [1.54, 1.807) is 0 Å². The highest BCUT2D eigenvalue weighted by atomic mass is 32.2. The van der Waals surface area contributed by atoms with E-state index in [-0.39, 0.29) is 12.2 Å². The van der Waals surface area contributed by atoms with Crippen LogP contribution in [0.5, 0.6) is 0 Å². The fourth-order valence-corrected chi connectivity index (χ4v) is 1.80. The maximum Gasteiger partial charge on any atom is 0.294 e. The molecule has 0 heterocycles. The van der Waals surface area contributed by atoms with Crippen molar-refractivity contribution in [2.45, 2.75) is 11.3 Å². The summed E-state index contributed by atoms with van der Waals surface area (Å²) in [5.74, 6) is 0. The third-order valence-electron chi connectivity index (χ3n) is 2.02. The number of hydrogen-bond acceptors (Lipinski definition) is 5. The molecule has 90 valence electrons. The summed E-state index contributed by atoms with van der Waals surface area (Å²) in [5, 5.41) is 18.5. The first-order valence-electron chi connectivity index (χ1n) is 4.40. The minimum atomic E-state index is -4.39. The van der Waals surface area contributed by atoms with Crippen LogP contribution in [0.1, 0.15) is 5.56 Å². The monoisotopic (exact) mass is 248 g/mol. The van der Waals surface area contributed by atoms with Crippen LogP contribution in [0.25, 0.3) is 0 Å². The van der Waals surface area contributed by atoms with E-state index in [4.69, 9.17) is 15.5 Å². The van der Waals surface area contributed by atoms with Gasteiger partial charge in [0, 0.05) is 11.6 Å². The second kappa shape index (κ2) is 4.87. The Labute approximate surface area is 92.4 Å². The maximum absolute atomic E-state index is 10.9. The van der Waals surface area contributed by atoms with E-state index >= 15 is 0 Å². The minimum absolute atomic E-state index is 0.166. The Morgan fingerprint density at radius 2 is 2.06 bits per heavy atom. The van der Waals surface area contributed by atoms with E-state index in [0.29, 0.717) is 12.0 Å². The van der Waals surface area contributed by atoms with E-state index in [2.05, 4.69) is 0 Å². The second-order valence-electron chi connectivity index (χ2n) is 3.14. The molecule has 0 spiro atoms. The number of benzene rings is 1. The predicted octanol–water partition coefficient (Wildman–Crippen LogP) is -1.16. The number of nitrogens with one attached hydrogen (secondary N) is 1. The van der Waals surface area contributed by atoms with Gasteiger partial charge in [-0.15, -0.1) is 0 Å². The largest absolute Gasteiger partial charge is 0.595 e. The van der Waals surface area contributed by atoms with Crippen molar-refractivity contribution in [2.75, 3.05) is 6.54 Å².